The molecular weight excluding hydrogens is 196 g/mol. The fraction of sp³-hybridized carbons (Fsp3) is 1.00. The lowest BCUT2D eigenvalue weighted by atomic mass is 9.81. The number of hydrogen-bond acceptors (Lipinski definition) is 1. The van der Waals surface area contributed by atoms with E-state index in [1.807, 2.05) is 7.11 Å². The molecule has 1 aliphatic carbocycles. The van der Waals surface area contributed by atoms with Crippen molar-refractivity contribution in [2.24, 2.45) is 5.41 Å². The average Bonchev–Trinajstić information content (AvgIpc) is 2.23. The first-order valence-electron chi connectivity index (χ1n) is 7.17. The fourth-order valence-corrected chi connectivity index (χ4v) is 2.82. The summed E-state index contributed by atoms with van der Waals surface area (Å²) in [7, 11) is 1.88. The maximum absolute atomic E-state index is 5.56. The molecule has 0 aromatic heterocycles. The van der Waals surface area contributed by atoms with Crippen molar-refractivity contribution in [3.63, 3.8) is 0 Å². The summed E-state index contributed by atoms with van der Waals surface area (Å²) in [6, 6.07) is 0. The normalized spacial score (nSPS) is 29.1. The first kappa shape index (κ1) is 14.0. The molecule has 1 fully saturated rings. The molecule has 1 atom stereocenters. The third-order valence-electron chi connectivity index (χ3n) is 4.09. The van der Waals surface area contributed by atoms with Crippen LogP contribution in [0.4, 0.5) is 0 Å². The lowest BCUT2D eigenvalue weighted by molar-refractivity contribution is 0.0792. The van der Waals surface area contributed by atoms with Gasteiger partial charge >= 0.3 is 0 Å². The Morgan fingerprint density at radius 2 is 1.38 bits per heavy atom. The monoisotopic (exact) mass is 226 g/mol. The predicted octanol–water partition coefficient (Wildman–Crippen LogP) is 4.94. The van der Waals surface area contributed by atoms with Gasteiger partial charge in [0.25, 0.3) is 0 Å². The molecule has 0 aromatic rings. The van der Waals surface area contributed by atoms with Crippen molar-refractivity contribution in [2.45, 2.75) is 84.2 Å². The van der Waals surface area contributed by atoms with Gasteiger partial charge in [-0.2, -0.15) is 0 Å². The average molecular weight is 226 g/mol. The molecule has 1 rings (SSSR count). The van der Waals surface area contributed by atoms with Crippen molar-refractivity contribution in [1.29, 1.82) is 0 Å². The number of ether oxygens (including phenoxy) is 1. The molecule has 0 radical (unpaired) electrons. The summed E-state index contributed by atoms with van der Waals surface area (Å²) in [6.45, 7) is 4.86. The summed E-state index contributed by atoms with van der Waals surface area (Å²) in [5.41, 5.74) is 0.553. The molecule has 1 aliphatic rings. The van der Waals surface area contributed by atoms with E-state index in [1.165, 1.54) is 64.2 Å². The summed E-state index contributed by atoms with van der Waals surface area (Å²) in [5, 5.41) is 0. The van der Waals surface area contributed by atoms with Gasteiger partial charge in [0.15, 0.2) is 0 Å². The second kappa shape index (κ2) is 7.32. The zero-order chi connectivity index (χ0) is 11.9. The molecule has 1 unspecified atom stereocenters. The molecule has 0 spiro atoms. The lowest BCUT2D eigenvalue weighted by Gasteiger charge is -2.26. The van der Waals surface area contributed by atoms with E-state index in [4.69, 9.17) is 4.74 Å². The van der Waals surface area contributed by atoms with Crippen LogP contribution in [-0.4, -0.2) is 13.2 Å². The van der Waals surface area contributed by atoms with E-state index in [9.17, 15) is 0 Å². The van der Waals surface area contributed by atoms with Gasteiger partial charge in [-0.25, -0.2) is 0 Å². The Bertz CT molecular complexity index is 174. The van der Waals surface area contributed by atoms with Crippen LogP contribution in [0.2, 0.25) is 0 Å². The largest absolute Gasteiger partial charge is 0.381 e. The van der Waals surface area contributed by atoms with Crippen LogP contribution in [0.15, 0.2) is 0 Å². The maximum atomic E-state index is 5.56. The highest BCUT2D eigenvalue weighted by Crippen LogP contribution is 2.31. The smallest absolute Gasteiger partial charge is 0.0571 e. The van der Waals surface area contributed by atoms with Crippen LogP contribution >= 0.6 is 0 Å². The highest BCUT2D eigenvalue weighted by molar-refractivity contribution is 4.71. The minimum absolute atomic E-state index is 0.523. The van der Waals surface area contributed by atoms with Crippen LogP contribution in [0.5, 0.6) is 0 Å². The molecule has 0 heterocycles. The zero-order valence-electron chi connectivity index (χ0n) is 11.6. The third-order valence-corrected chi connectivity index (χ3v) is 4.09. The summed E-state index contributed by atoms with van der Waals surface area (Å²) >= 11 is 0. The number of rotatable bonds is 1. The van der Waals surface area contributed by atoms with Gasteiger partial charge in [-0.15, -0.1) is 0 Å². The Morgan fingerprint density at radius 1 is 0.812 bits per heavy atom. The van der Waals surface area contributed by atoms with Gasteiger partial charge in [-0.3, -0.25) is 0 Å². The molecule has 96 valence electrons. The van der Waals surface area contributed by atoms with Crippen LogP contribution < -0.4 is 0 Å². The molecule has 1 nitrogen and oxygen atoms in total. The molecule has 0 saturated heterocycles. The molecular formula is C15H30O. The Hall–Kier alpha value is -0.0400. The zero-order valence-corrected chi connectivity index (χ0v) is 11.6. The van der Waals surface area contributed by atoms with Crippen LogP contribution in [0.3, 0.4) is 0 Å². The molecule has 0 N–H and O–H groups in total. The van der Waals surface area contributed by atoms with Crippen LogP contribution in [0.1, 0.15) is 78.1 Å². The highest BCUT2D eigenvalue weighted by Gasteiger charge is 2.18. The van der Waals surface area contributed by atoms with E-state index in [0.29, 0.717) is 11.5 Å². The fourth-order valence-electron chi connectivity index (χ4n) is 2.82. The Morgan fingerprint density at radius 3 is 2.12 bits per heavy atom. The van der Waals surface area contributed by atoms with Gasteiger partial charge in [0.2, 0.25) is 0 Å². The van der Waals surface area contributed by atoms with E-state index in [2.05, 4.69) is 13.8 Å². The lowest BCUT2D eigenvalue weighted by Crippen LogP contribution is -2.15. The third kappa shape index (κ3) is 5.89. The van der Waals surface area contributed by atoms with E-state index < -0.39 is 0 Å². The maximum Gasteiger partial charge on any atom is 0.0571 e. The second-order valence-corrected chi connectivity index (χ2v) is 6.22. The van der Waals surface area contributed by atoms with Crippen molar-refractivity contribution in [3.8, 4) is 0 Å². The molecule has 1 saturated carbocycles. The van der Waals surface area contributed by atoms with Crippen molar-refractivity contribution in [3.05, 3.63) is 0 Å². The molecule has 0 aromatic carbocycles. The molecule has 0 aliphatic heterocycles. The first-order valence-corrected chi connectivity index (χ1v) is 7.17. The molecule has 0 bridgehead atoms. The predicted molar refractivity (Wildman–Crippen MR) is 70.7 cm³/mol. The van der Waals surface area contributed by atoms with Crippen molar-refractivity contribution in [1.82, 2.24) is 0 Å². The minimum Gasteiger partial charge on any atom is -0.381 e. The van der Waals surface area contributed by atoms with Crippen LogP contribution in [0, 0.1) is 5.41 Å². The minimum atomic E-state index is 0.523. The van der Waals surface area contributed by atoms with Crippen molar-refractivity contribution >= 4 is 0 Å². The first-order chi connectivity index (χ1) is 7.64. The van der Waals surface area contributed by atoms with Gasteiger partial charge in [0, 0.05) is 7.11 Å². The van der Waals surface area contributed by atoms with Crippen LogP contribution in [-0.2, 0) is 4.74 Å². The molecule has 0 amide bonds. The summed E-state index contributed by atoms with van der Waals surface area (Å²) in [6.07, 6.45) is 14.2. The Labute approximate surface area is 102 Å². The molecule has 1 heteroatoms. The second-order valence-electron chi connectivity index (χ2n) is 6.22. The standard InChI is InChI=1S/C15H30O/c1-15(2)12-8-6-4-5-7-10-14(16-3)11-9-13-15/h14H,4-13H2,1-3H3. The van der Waals surface area contributed by atoms with Gasteiger partial charge < -0.3 is 4.74 Å². The summed E-state index contributed by atoms with van der Waals surface area (Å²) in [5.74, 6) is 0. The number of hydrogen-bond donors (Lipinski definition) is 0. The summed E-state index contributed by atoms with van der Waals surface area (Å²) < 4.78 is 5.56. The van der Waals surface area contributed by atoms with Crippen molar-refractivity contribution < 1.29 is 4.74 Å². The van der Waals surface area contributed by atoms with Crippen molar-refractivity contribution in [2.75, 3.05) is 7.11 Å². The van der Waals surface area contributed by atoms with Crippen LogP contribution in [0.25, 0.3) is 0 Å². The molecule has 16 heavy (non-hydrogen) atoms. The topological polar surface area (TPSA) is 9.23 Å². The van der Waals surface area contributed by atoms with Gasteiger partial charge in [0.05, 0.1) is 6.10 Å². The Kier molecular flexibility index (Phi) is 6.41. The highest BCUT2D eigenvalue weighted by atomic mass is 16.5. The van der Waals surface area contributed by atoms with Gasteiger partial charge in [-0.1, -0.05) is 52.4 Å². The van der Waals surface area contributed by atoms with Gasteiger partial charge in [0.1, 0.15) is 0 Å². The quantitative estimate of drug-likeness (QED) is 0.615. The Balaban J connectivity index is 2.37. The van der Waals surface area contributed by atoms with Gasteiger partial charge in [-0.05, 0) is 31.1 Å². The van der Waals surface area contributed by atoms with E-state index in [-0.39, 0.29) is 0 Å². The summed E-state index contributed by atoms with van der Waals surface area (Å²) in [4.78, 5) is 0. The van der Waals surface area contributed by atoms with E-state index in [0.717, 1.165) is 0 Å². The van der Waals surface area contributed by atoms with E-state index >= 15 is 0 Å². The SMILES string of the molecule is COC1CCCCCCCC(C)(C)CCC1. The number of methoxy groups -OCH3 is 1. The van der Waals surface area contributed by atoms with E-state index in [1.54, 1.807) is 0 Å².